The molecule has 1 saturated heterocycles. The molecule has 1 heterocycles. The van der Waals surface area contributed by atoms with Crippen molar-refractivity contribution >= 4 is 21.8 Å². The molecular formula is C16H23BrN2O2. The maximum atomic E-state index is 12.2. The molecule has 1 aliphatic heterocycles. The topological polar surface area (TPSA) is 55.6 Å². The van der Waals surface area contributed by atoms with Crippen LogP contribution in [0.25, 0.3) is 0 Å². The van der Waals surface area contributed by atoms with E-state index in [0.29, 0.717) is 18.9 Å². The van der Waals surface area contributed by atoms with Crippen LogP contribution in [0.1, 0.15) is 26.2 Å². The molecule has 1 aromatic carbocycles. The number of halogens is 1. The molecular weight excluding hydrogens is 332 g/mol. The predicted molar refractivity (Wildman–Crippen MR) is 87.2 cm³/mol. The van der Waals surface area contributed by atoms with Gasteiger partial charge in [-0.05, 0) is 53.7 Å². The number of rotatable bonds is 5. The van der Waals surface area contributed by atoms with E-state index in [-0.39, 0.29) is 11.9 Å². The first-order valence-corrected chi connectivity index (χ1v) is 8.28. The minimum atomic E-state index is 0.171. The Morgan fingerprint density at radius 1 is 1.43 bits per heavy atom. The predicted octanol–water partition coefficient (Wildman–Crippen LogP) is 2.80. The number of nitrogens with two attached hydrogens (primary N) is 1. The summed E-state index contributed by atoms with van der Waals surface area (Å²) >= 11 is 3.43. The highest BCUT2D eigenvalue weighted by Gasteiger charge is 2.24. The summed E-state index contributed by atoms with van der Waals surface area (Å²) in [4.78, 5) is 14.1. The summed E-state index contributed by atoms with van der Waals surface area (Å²) < 4.78 is 6.56. The molecule has 1 amide bonds. The lowest BCUT2D eigenvalue weighted by Gasteiger charge is -2.33. The van der Waals surface area contributed by atoms with Crippen molar-refractivity contribution in [3.63, 3.8) is 0 Å². The number of ether oxygens (including phenoxy) is 1. The number of nitrogens with zero attached hydrogens (tertiary/aromatic N) is 1. The van der Waals surface area contributed by atoms with E-state index >= 15 is 0 Å². The summed E-state index contributed by atoms with van der Waals surface area (Å²) in [6, 6.07) is 7.89. The van der Waals surface area contributed by atoms with Crippen LogP contribution in [0.2, 0.25) is 0 Å². The van der Waals surface area contributed by atoms with Gasteiger partial charge in [0.05, 0.1) is 17.5 Å². The molecule has 21 heavy (non-hydrogen) atoms. The Balaban J connectivity index is 1.72. The average molecular weight is 355 g/mol. The summed E-state index contributed by atoms with van der Waals surface area (Å²) in [5.74, 6) is 1.50. The molecule has 1 atom stereocenters. The van der Waals surface area contributed by atoms with Crippen molar-refractivity contribution in [2.45, 2.75) is 32.2 Å². The van der Waals surface area contributed by atoms with E-state index in [4.69, 9.17) is 10.5 Å². The standard InChI is InChI=1S/C16H23BrN2O2/c1-12(18)13-6-9-19(10-7-13)16(20)8-11-21-15-5-3-2-4-14(15)17/h2-5,12-13H,6-11,18H2,1H3. The number of piperidine rings is 1. The van der Waals surface area contributed by atoms with Crippen LogP contribution in [-0.2, 0) is 4.79 Å². The molecule has 4 nitrogen and oxygen atoms in total. The Kier molecular flexibility index (Phi) is 6.06. The molecule has 1 aliphatic rings. The second kappa shape index (κ2) is 7.80. The molecule has 1 fully saturated rings. The normalized spacial score (nSPS) is 17.6. The first-order chi connectivity index (χ1) is 10.1. The van der Waals surface area contributed by atoms with Gasteiger partial charge in [0.1, 0.15) is 5.75 Å². The van der Waals surface area contributed by atoms with Gasteiger partial charge in [-0.15, -0.1) is 0 Å². The Bertz CT molecular complexity index is 471. The lowest BCUT2D eigenvalue weighted by molar-refractivity contribution is -0.133. The third kappa shape index (κ3) is 4.71. The van der Waals surface area contributed by atoms with Gasteiger partial charge >= 0.3 is 0 Å². The van der Waals surface area contributed by atoms with Gasteiger partial charge in [-0.25, -0.2) is 0 Å². The van der Waals surface area contributed by atoms with Gasteiger partial charge in [0, 0.05) is 19.1 Å². The van der Waals surface area contributed by atoms with Crippen molar-refractivity contribution in [3.05, 3.63) is 28.7 Å². The minimum Gasteiger partial charge on any atom is -0.492 e. The first-order valence-electron chi connectivity index (χ1n) is 7.48. The summed E-state index contributed by atoms with van der Waals surface area (Å²) in [5.41, 5.74) is 5.92. The van der Waals surface area contributed by atoms with Gasteiger partial charge in [0.2, 0.25) is 5.91 Å². The lowest BCUT2D eigenvalue weighted by Crippen LogP contribution is -2.42. The van der Waals surface area contributed by atoms with Crippen molar-refractivity contribution in [1.82, 2.24) is 4.90 Å². The molecule has 5 heteroatoms. The number of carbonyl (C=O) groups excluding carboxylic acids is 1. The molecule has 2 rings (SSSR count). The molecule has 2 N–H and O–H groups in total. The van der Waals surface area contributed by atoms with Crippen molar-refractivity contribution in [3.8, 4) is 5.75 Å². The molecule has 1 unspecified atom stereocenters. The molecule has 0 radical (unpaired) electrons. The zero-order chi connectivity index (χ0) is 15.2. The first kappa shape index (κ1) is 16.3. The van der Waals surface area contributed by atoms with Crippen LogP contribution >= 0.6 is 15.9 Å². The maximum absolute atomic E-state index is 12.2. The smallest absolute Gasteiger partial charge is 0.225 e. The minimum absolute atomic E-state index is 0.171. The van der Waals surface area contributed by atoms with Gasteiger partial charge in [0.25, 0.3) is 0 Å². The monoisotopic (exact) mass is 354 g/mol. The summed E-state index contributed by atoms with van der Waals surface area (Å²) in [6.45, 7) is 4.10. The highest BCUT2D eigenvalue weighted by atomic mass is 79.9. The van der Waals surface area contributed by atoms with Crippen molar-refractivity contribution in [2.24, 2.45) is 11.7 Å². The fourth-order valence-corrected chi connectivity index (χ4v) is 3.04. The van der Waals surface area contributed by atoms with Crippen LogP contribution in [0.5, 0.6) is 5.75 Å². The maximum Gasteiger partial charge on any atom is 0.225 e. The molecule has 0 aromatic heterocycles. The fourth-order valence-electron chi connectivity index (χ4n) is 2.64. The van der Waals surface area contributed by atoms with Crippen LogP contribution < -0.4 is 10.5 Å². The van der Waals surface area contributed by atoms with Crippen molar-refractivity contribution in [1.29, 1.82) is 0 Å². The second-order valence-electron chi connectivity index (χ2n) is 5.61. The van der Waals surface area contributed by atoms with Crippen molar-refractivity contribution < 1.29 is 9.53 Å². The Labute approximate surface area is 134 Å². The number of hydrogen-bond donors (Lipinski definition) is 1. The zero-order valence-corrected chi connectivity index (χ0v) is 14.0. The van der Waals surface area contributed by atoms with Gasteiger partial charge < -0.3 is 15.4 Å². The van der Waals surface area contributed by atoms with Crippen LogP contribution in [0, 0.1) is 5.92 Å². The fraction of sp³-hybridized carbons (Fsp3) is 0.562. The molecule has 1 aromatic rings. The van der Waals surface area contributed by atoms with E-state index in [0.717, 1.165) is 36.2 Å². The van der Waals surface area contributed by atoms with E-state index < -0.39 is 0 Å². The Morgan fingerprint density at radius 2 is 2.10 bits per heavy atom. The van der Waals surface area contributed by atoms with E-state index in [1.807, 2.05) is 36.1 Å². The summed E-state index contributed by atoms with van der Waals surface area (Å²) in [6.07, 6.45) is 2.44. The van der Waals surface area contributed by atoms with Gasteiger partial charge in [-0.1, -0.05) is 12.1 Å². The van der Waals surface area contributed by atoms with E-state index in [2.05, 4.69) is 15.9 Å². The second-order valence-corrected chi connectivity index (χ2v) is 6.46. The van der Waals surface area contributed by atoms with Crippen LogP contribution in [0.4, 0.5) is 0 Å². The molecule has 0 bridgehead atoms. The number of carbonyl (C=O) groups is 1. The van der Waals surface area contributed by atoms with E-state index in [9.17, 15) is 4.79 Å². The van der Waals surface area contributed by atoms with Gasteiger partial charge in [-0.2, -0.15) is 0 Å². The van der Waals surface area contributed by atoms with Crippen LogP contribution in [0.3, 0.4) is 0 Å². The van der Waals surface area contributed by atoms with E-state index in [1.165, 1.54) is 0 Å². The van der Waals surface area contributed by atoms with Crippen LogP contribution in [0.15, 0.2) is 28.7 Å². The summed E-state index contributed by atoms with van der Waals surface area (Å²) in [7, 11) is 0. The Hall–Kier alpha value is -1.07. The molecule has 0 saturated carbocycles. The quantitative estimate of drug-likeness (QED) is 0.884. The van der Waals surface area contributed by atoms with Crippen LogP contribution in [-0.4, -0.2) is 36.5 Å². The number of para-hydroxylation sites is 1. The SMILES string of the molecule is CC(N)C1CCN(C(=O)CCOc2ccccc2Br)CC1. The lowest BCUT2D eigenvalue weighted by atomic mass is 9.91. The van der Waals surface area contributed by atoms with Crippen molar-refractivity contribution in [2.75, 3.05) is 19.7 Å². The van der Waals surface area contributed by atoms with Gasteiger partial charge in [-0.3, -0.25) is 4.79 Å². The highest BCUT2D eigenvalue weighted by Crippen LogP contribution is 2.24. The number of amides is 1. The summed E-state index contributed by atoms with van der Waals surface area (Å²) in [5, 5.41) is 0. The zero-order valence-electron chi connectivity index (χ0n) is 12.4. The number of likely N-dealkylation sites (tertiary alicyclic amines) is 1. The highest BCUT2D eigenvalue weighted by molar-refractivity contribution is 9.10. The molecule has 0 spiro atoms. The number of hydrogen-bond acceptors (Lipinski definition) is 3. The third-order valence-electron chi connectivity index (χ3n) is 4.05. The average Bonchev–Trinajstić information content (AvgIpc) is 2.49. The third-order valence-corrected chi connectivity index (χ3v) is 4.70. The Morgan fingerprint density at radius 3 is 2.71 bits per heavy atom. The van der Waals surface area contributed by atoms with E-state index in [1.54, 1.807) is 0 Å². The van der Waals surface area contributed by atoms with Gasteiger partial charge in [0.15, 0.2) is 0 Å². The number of benzene rings is 1. The molecule has 0 aliphatic carbocycles. The largest absolute Gasteiger partial charge is 0.492 e. The molecule has 116 valence electrons.